The fraction of sp³-hybridized carbons (Fsp3) is 0.412. The topological polar surface area (TPSA) is 57.3 Å². The predicted molar refractivity (Wildman–Crippen MR) is 93.9 cm³/mol. The van der Waals surface area contributed by atoms with Gasteiger partial charge in [0, 0.05) is 36.8 Å². The molecule has 2 aromatic heterocycles. The van der Waals surface area contributed by atoms with E-state index in [2.05, 4.69) is 38.9 Å². The second-order valence-corrected chi connectivity index (χ2v) is 6.94. The molecule has 122 valence electrons. The molecule has 5 nitrogen and oxygen atoms in total. The number of rotatable bonds is 4. The first-order chi connectivity index (χ1) is 11.1. The van der Waals surface area contributed by atoms with E-state index in [1.807, 2.05) is 30.4 Å². The van der Waals surface area contributed by atoms with Gasteiger partial charge in [0.05, 0.1) is 0 Å². The summed E-state index contributed by atoms with van der Waals surface area (Å²) in [6.07, 6.45) is 2.79. The number of nitrogens with one attached hydrogen (secondary N) is 2. The van der Waals surface area contributed by atoms with Gasteiger partial charge in [-0.05, 0) is 48.9 Å². The van der Waals surface area contributed by atoms with Crippen molar-refractivity contribution in [2.45, 2.75) is 32.9 Å². The van der Waals surface area contributed by atoms with Crippen LogP contribution in [0.5, 0.6) is 0 Å². The molecule has 0 aromatic carbocycles. The van der Waals surface area contributed by atoms with Crippen LogP contribution in [0.3, 0.4) is 0 Å². The summed E-state index contributed by atoms with van der Waals surface area (Å²) >= 11 is 1.85. The number of carbonyl (C=O) groups is 1. The van der Waals surface area contributed by atoms with Gasteiger partial charge in [-0.25, -0.2) is 9.78 Å². The van der Waals surface area contributed by atoms with E-state index in [1.54, 1.807) is 6.20 Å². The van der Waals surface area contributed by atoms with Gasteiger partial charge >= 0.3 is 6.03 Å². The Morgan fingerprint density at radius 1 is 1.48 bits per heavy atom. The number of hydrogen-bond acceptors (Lipinski definition) is 4. The van der Waals surface area contributed by atoms with Crippen molar-refractivity contribution in [2.24, 2.45) is 0 Å². The first-order valence-corrected chi connectivity index (χ1v) is 8.77. The molecule has 2 aromatic rings. The number of hydrogen-bond donors (Lipinski definition) is 2. The number of pyridine rings is 1. The second-order valence-electron chi connectivity index (χ2n) is 5.94. The van der Waals surface area contributed by atoms with Crippen molar-refractivity contribution in [1.82, 2.24) is 15.2 Å². The molecule has 2 N–H and O–H groups in total. The Morgan fingerprint density at radius 2 is 2.35 bits per heavy atom. The van der Waals surface area contributed by atoms with Crippen molar-refractivity contribution in [2.75, 3.05) is 18.4 Å². The molecule has 1 aliphatic rings. The summed E-state index contributed by atoms with van der Waals surface area (Å²) in [5.41, 5.74) is 2.39. The minimum absolute atomic E-state index is 0.202. The van der Waals surface area contributed by atoms with E-state index in [9.17, 15) is 4.79 Å². The Kier molecular flexibility index (Phi) is 4.93. The highest BCUT2D eigenvalue weighted by Gasteiger charge is 2.21. The average Bonchev–Trinajstić information content (AvgIpc) is 3.02. The number of aromatic nitrogens is 1. The molecule has 3 rings (SSSR count). The van der Waals surface area contributed by atoms with Crippen LogP contribution in [0.1, 0.15) is 22.9 Å². The highest BCUT2D eigenvalue weighted by molar-refractivity contribution is 7.10. The van der Waals surface area contributed by atoms with Gasteiger partial charge < -0.3 is 5.32 Å². The SMILES string of the molecule is Cc1cccnc1NC(=O)NC[C@@H](C)N1CCc2sccc2C1. The van der Waals surface area contributed by atoms with E-state index in [1.165, 1.54) is 10.4 Å². The van der Waals surface area contributed by atoms with E-state index in [0.717, 1.165) is 25.1 Å². The maximum absolute atomic E-state index is 12.0. The molecule has 0 fully saturated rings. The smallest absolute Gasteiger partial charge is 0.320 e. The molecule has 6 heteroatoms. The third-order valence-corrected chi connectivity index (χ3v) is 5.28. The Hall–Kier alpha value is -1.92. The lowest BCUT2D eigenvalue weighted by Crippen LogP contribution is -2.45. The van der Waals surface area contributed by atoms with Crippen LogP contribution >= 0.6 is 11.3 Å². The van der Waals surface area contributed by atoms with Gasteiger partial charge in [0.2, 0.25) is 0 Å². The van der Waals surface area contributed by atoms with Crippen LogP contribution in [-0.4, -0.2) is 35.0 Å². The van der Waals surface area contributed by atoms with Crippen molar-refractivity contribution >= 4 is 23.2 Å². The zero-order valence-electron chi connectivity index (χ0n) is 13.5. The lowest BCUT2D eigenvalue weighted by Gasteiger charge is -2.32. The monoisotopic (exact) mass is 330 g/mol. The van der Waals surface area contributed by atoms with Crippen LogP contribution in [0, 0.1) is 6.92 Å². The first-order valence-electron chi connectivity index (χ1n) is 7.89. The minimum atomic E-state index is -0.202. The summed E-state index contributed by atoms with van der Waals surface area (Å²) in [6.45, 7) is 6.73. The van der Waals surface area contributed by atoms with Gasteiger partial charge in [-0.1, -0.05) is 6.07 Å². The Bertz CT molecular complexity index is 685. The minimum Gasteiger partial charge on any atom is -0.336 e. The number of urea groups is 1. The predicted octanol–water partition coefficient (Wildman–Crippen LogP) is 3.02. The zero-order chi connectivity index (χ0) is 16.2. The van der Waals surface area contributed by atoms with Gasteiger partial charge in [-0.3, -0.25) is 10.2 Å². The lowest BCUT2D eigenvalue weighted by atomic mass is 10.1. The molecular formula is C17H22N4OS. The number of thiophene rings is 1. The molecule has 0 saturated carbocycles. The van der Waals surface area contributed by atoms with Crippen LogP contribution in [0.15, 0.2) is 29.8 Å². The van der Waals surface area contributed by atoms with Crippen LogP contribution in [0.4, 0.5) is 10.6 Å². The summed E-state index contributed by atoms with van der Waals surface area (Å²) in [6, 6.07) is 6.10. The van der Waals surface area contributed by atoms with E-state index >= 15 is 0 Å². The zero-order valence-corrected chi connectivity index (χ0v) is 14.3. The third kappa shape index (κ3) is 3.89. The van der Waals surface area contributed by atoms with Crippen LogP contribution in [0.2, 0.25) is 0 Å². The summed E-state index contributed by atoms with van der Waals surface area (Å²) in [5, 5.41) is 7.91. The van der Waals surface area contributed by atoms with Crippen molar-refractivity contribution in [3.63, 3.8) is 0 Å². The molecule has 1 aliphatic heterocycles. The molecule has 0 radical (unpaired) electrons. The van der Waals surface area contributed by atoms with Gasteiger partial charge in [-0.15, -0.1) is 11.3 Å². The number of carbonyl (C=O) groups excluding carboxylic acids is 1. The molecule has 0 aliphatic carbocycles. The van der Waals surface area contributed by atoms with E-state index in [-0.39, 0.29) is 6.03 Å². The van der Waals surface area contributed by atoms with Gasteiger partial charge in [0.1, 0.15) is 5.82 Å². The Balaban J connectivity index is 1.48. The van der Waals surface area contributed by atoms with E-state index in [0.29, 0.717) is 18.4 Å². The maximum Gasteiger partial charge on any atom is 0.320 e. The molecule has 2 amide bonds. The van der Waals surface area contributed by atoms with Gasteiger partial charge in [0.25, 0.3) is 0 Å². The molecule has 23 heavy (non-hydrogen) atoms. The largest absolute Gasteiger partial charge is 0.336 e. The number of fused-ring (bicyclic) bond motifs is 1. The molecule has 0 saturated heterocycles. The fourth-order valence-electron chi connectivity index (χ4n) is 2.78. The summed E-state index contributed by atoms with van der Waals surface area (Å²) in [7, 11) is 0. The molecular weight excluding hydrogens is 308 g/mol. The van der Waals surface area contributed by atoms with Crippen LogP contribution in [0.25, 0.3) is 0 Å². The van der Waals surface area contributed by atoms with Crippen molar-refractivity contribution in [3.8, 4) is 0 Å². The fourth-order valence-corrected chi connectivity index (χ4v) is 3.67. The summed E-state index contributed by atoms with van der Waals surface area (Å²) < 4.78 is 0. The summed E-state index contributed by atoms with van der Waals surface area (Å²) in [4.78, 5) is 20.1. The quantitative estimate of drug-likeness (QED) is 0.906. The number of anilines is 1. The van der Waals surface area contributed by atoms with Gasteiger partial charge in [0.15, 0.2) is 0 Å². The average molecular weight is 330 g/mol. The first kappa shape index (κ1) is 16.0. The molecule has 0 spiro atoms. The number of amides is 2. The maximum atomic E-state index is 12.0. The Morgan fingerprint density at radius 3 is 3.17 bits per heavy atom. The van der Waals surface area contributed by atoms with Gasteiger partial charge in [-0.2, -0.15) is 0 Å². The highest BCUT2D eigenvalue weighted by atomic mass is 32.1. The van der Waals surface area contributed by atoms with E-state index < -0.39 is 0 Å². The Labute approximate surface area is 140 Å². The molecule has 0 bridgehead atoms. The van der Waals surface area contributed by atoms with Crippen molar-refractivity contribution in [3.05, 3.63) is 45.8 Å². The van der Waals surface area contributed by atoms with Crippen molar-refractivity contribution < 1.29 is 4.79 Å². The van der Waals surface area contributed by atoms with Crippen LogP contribution in [-0.2, 0) is 13.0 Å². The molecule has 1 atom stereocenters. The third-order valence-electron chi connectivity index (χ3n) is 4.26. The number of aryl methyl sites for hydroxylation is 1. The van der Waals surface area contributed by atoms with Crippen LogP contribution < -0.4 is 10.6 Å². The molecule has 0 unspecified atom stereocenters. The van der Waals surface area contributed by atoms with E-state index in [4.69, 9.17) is 0 Å². The van der Waals surface area contributed by atoms with Crippen molar-refractivity contribution in [1.29, 1.82) is 0 Å². The normalized spacial score (nSPS) is 15.7. The highest BCUT2D eigenvalue weighted by Crippen LogP contribution is 2.24. The molecule has 3 heterocycles. The standard InChI is InChI=1S/C17H22N4OS/c1-12-4-3-7-18-16(12)20-17(22)19-10-13(2)21-8-5-15-14(11-21)6-9-23-15/h3-4,6-7,9,13H,5,8,10-11H2,1-2H3,(H2,18,19,20,22)/t13-/m1/s1. The second kappa shape index (κ2) is 7.10. The lowest BCUT2D eigenvalue weighted by molar-refractivity contribution is 0.188. The number of nitrogens with zero attached hydrogens (tertiary/aromatic N) is 2. The summed E-state index contributed by atoms with van der Waals surface area (Å²) in [5.74, 6) is 0.610.